The number of hydrogen-bond donors (Lipinski definition) is 2. The highest BCUT2D eigenvalue weighted by molar-refractivity contribution is 7.89. The normalized spacial score (nSPS) is 20.8. The van der Waals surface area contributed by atoms with E-state index in [0.29, 0.717) is 6.54 Å². The minimum absolute atomic E-state index is 0.0743. The van der Waals surface area contributed by atoms with E-state index in [9.17, 15) is 13.2 Å². The molecule has 0 aromatic carbocycles. The fraction of sp³-hybridized carbons (Fsp3) is 0.615. The van der Waals surface area contributed by atoms with Gasteiger partial charge in [0.2, 0.25) is 10.9 Å². The molecule has 112 valence electrons. The van der Waals surface area contributed by atoms with Gasteiger partial charge >= 0.3 is 5.97 Å². The van der Waals surface area contributed by atoms with Gasteiger partial charge in [0.05, 0.1) is 0 Å². The Kier molecular flexibility index (Phi) is 3.26. The largest absolute Gasteiger partial charge is 0.475 e. The number of rotatable bonds is 5. The van der Waals surface area contributed by atoms with Crippen molar-refractivity contribution in [2.24, 2.45) is 16.7 Å². The molecule has 1 saturated carbocycles. The fourth-order valence-corrected chi connectivity index (χ4v) is 3.66. The van der Waals surface area contributed by atoms with Crippen LogP contribution in [0.25, 0.3) is 0 Å². The van der Waals surface area contributed by atoms with E-state index in [4.69, 9.17) is 9.52 Å². The number of furan rings is 1. The number of carbonyl (C=O) groups is 1. The van der Waals surface area contributed by atoms with Crippen LogP contribution in [-0.2, 0) is 10.0 Å². The first kappa shape index (κ1) is 15.1. The Bertz CT molecular complexity index is 627. The van der Waals surface area contributed by atoms with E-state index in [2.05, 4.69) is 32.4 Å². The van der Waals surface area contributed by atoms with Crippen molar-refractivity contribution in [2.45, 2.75) is 32.8 Å². The van der Waals surface area contributed by atoms with Gasteiger partial charge in [-0.25, -0.2) is 17.9 Å². The molecule has 20 heavy (non-hydrogen) atoms. The van der Waals surface area contributed by atoms with Gasteiger partial charge < -0.3 is 9.52 Å². The molecule has 0 bridgehead atoms. The maximum atomic E-state index is 12.0. The maximum absolute atomic E-state index is 12.0. The molecule has 0 aliphatic heterocycles. The van der Waals surface area contributed by atoms with Gasteiger partial charge in [0, 0.05) is 6.54 Å². The summed E-state index contributed by atoms with van der Waals surface area (Å²) >= 11 is 0. The van der Waals surface area contributed by atoms with Crippen molar-refractivity contribution in [2.75, 3.05) is 6.54 Å². The van der Waals surface area contributed by atoms with Gasteiger partial charge in [-0.05, 0) is 28.9 Å². The summed E-state index contributed by atoms with van der Waals surface area (Å²) in [5.74, 6) is -1.45. The summed E-state index contributed by atoms with van der Waals surface area (Å²) in [7, 11) is -3.81. The lowest BCUT2D eigenvalue weighted by Gasteiger charge is -2.05. The van der Waals surface area contributed by atoms with Gasteiger partial charge in [-0.15, -0.1) is 0 Å². The third-order valence-electron chi connectivity index (χ3n) is 4.85. The molecule has 1 aliphatic carbocycles. The lowest BCUT2D eigenvalue weighted by Crippen LogP contribution is -2.27. The van der Waals surface area contributed by atoms with E-state index >= 15 is 0 Å². The van der Waals surface area contributed by atoms with Crippen molar-refractivity contribution < 1.29 is 22.7 Å². The first-order chi connectivity index (χ1) is 9.00. The Morgan fingerprint density at radius 1 is 1.30 bits per heavy atom. The summed E-state index contributed by atoms with van der Waals surface area (Å²) in [6.45, 7) is 8.71. The number of nitrogens with one attached hydrogen (secondary N) is 1. The Morgan fingerprint density at radius 3 is 2.25 bits per heavy atom. The number of carboxylic acids is 1. The van der Waals surface area contributed by atoms with Crippen molar-refractivity contribution in [3.63, 3.8) is 0 Å². The quantitative estimate of drug-likeness (QED) is 0.866. The molecule has 0 atom stereocenters. The molecular weight excluding hydrogens is 282 g/mol. The average molecular weight is 301 g/mol. The summed E-state index contributed by atoms with van der Waals surface area (Å²) in [4.78, 5) is 10.7. The number of carboxylic acid groups (broad SMARTS) is 1. The third kappa shape index (κ3) is 2.25. The van der Waals surface area contributed by atoms with E-state index in [1.165, 1.54) is 0 Å². The van der Waals surface area contributed by atoms with E-state index < -0.39 is 21.8 Å². The molecule has 2 N–H and O–H groups in total. The second-order valence-corrected chi connectivity index (χ2v) is 7.97. The minimum Gasteiger partial charge on any atom is -0.475 e. The highest BCUT2D eigenvalue weighted by Gasteiger charge is 2.64. The maximum Gasteiger partial charge on any atom is 0.371 e. The molecule has 2 rings (SSSR count). The lowest BCUT2D eigenvalue weighted by molar-refractivity contribution is 0.0656. The first-order valence-corrected chi connectivity index (χ1v) is 7.81. The summed E-state index contributed by atoms with van der Waals surface area (Å²) in [6, 6.07) is 2.27. The van der Waals surface area contributed by atoms with Gasteiger partial charge in [-0.1, -0.05) is 27.7 Å². The average Bonchev–Trinajstić information content (AvgIpc) is 2.73. The third-order valence-corrected chi connectivity index (χ3v) is 6.15. The van der Waals surface area contributed by atoms with Crippen molar-refractivity contribution in [1.82, 2.24) is 4.72 Å². The Labute approximate surface area is 118 Å². The topological polar surface area (TPSA) is 96.6 Å². The van der Waals surface area contributed by atoms with Crippen LogP contribution in [0, 0.1) is 16.7 Å². The molecule has 0 spiro atoms. The van der Waals surface area contributed by atoms with E-state index in [1.54, 1.807) is 0 Å². The van der Waals surface area contributed by atoms with Gasteiger partial charge in [-0.3, -0.25) is 0 Å². The van der Waals surface area contributed by atoms with Crippen LogP contribution in [0.1, 0.15) is 38.2 Å². The summed E-state index contributed by atoms with van der Waals surface area (Å²) in [6.07, 6.45) is 0. The summed E-state index contributed by atoms with van der Waals surface area (Å²) in [5, 5.41) is 8.35. The molecule has 6 nitrogen and oxygen atoms in total. The smallest absolute Gasteiger partial charge is 0.371 e. The molecule has 0 amide bonds. The first-order valence-electron chi connectivity index (χ1n) is 6.33. The molecule has 1 aromatic rings. The van der Waals surface area contributed by atoms with Gasteiger partial charge in [0.25, 0.3) is 10.0 Å². The second-order valence-electron chi connectivity index (χ2n) is 6.27. The van der Waals surface area contributed by atoms with Crippen LogP contribution in [0.2, 0.25) is 0 Å². The minimum atomic E-state index is -3.81. The van der Waals surface area contributed by atoms with Crippen LogP contribution in [-0.4, -0.2) is 26.0 Å². The van der Waals surface area contributed by atoms with Crippen LogP contribution >= 0.6 is 0 Å². The summed E-state index contributed by atoms with van der Waals surface area (Å²) in [5.41, 5.74) is 0.149. The predicted octanol–water partition coefficient (Wildman–Crippen LogP) is 1.94. The van der Waals surface area contributed by atoms with Crippen molar-refractivity contribution >= 4 is 16.0 Å². The fourth-order valence-electron chi connectivity index (χ4n) is 2.69. The van der Waals surface area contributed by atoms with Crippen molar-refractivity contribution in [3.05, 3.63) is 17.9 Å². The zero-order chi connectivity index (χ0) is 15.3. The van der Waals surface area contributed by atoms with E-state index in [0.717, 1.165) is 12.1 Å². The molecule has 7 heteroatoms. The van der Waals surface area contributed by atoms with E-state index in [-0.39, 0.29) is 21.8 Å². The molecule has 1 heterocycles. The van der Waals surface area contributed by atoms with E-state index in [1.807, 2.05) is 0 Å². The number of hydrogen-bond acceptors (Lipinski definition) is 4. The van der Waals surface area contributed by atoms with Crippen LogP contribution in [0.4, 0.5) is 0 Å². The van der Waals surface area contributed by atoms with Crippen LogP contribution in [0.15, 0.2) is 21.6 Å². The highest BCUT2D eigenvalue weighted by atomic mass is 32.2. The molecule has 0 saturated heterocycles. The lowest BCUT2D eigenvalue weighted by atomic mass is 10.0. The van der Waals surface area contributed by atoms with Crippen LogP contribution in [0.5, 0.6) is 0 Å². The van der Waals surface area contributed by atoms with Gasteiger partial charge in [0.15, 0.2) is 0 Å². The molecule has 1 aliphatic rings. The van der Waals surface area contributed by atoms with Crippen LogP contribution < -0.4 is 4.72 Å². The van der Waals surface area contributed by atoms with Crippen LogP contribution in [0.3, 0.4) is 0 Å². The SMILES string of the molecule is CC1(C)C(CNS(=O)(=O)c2ccc(C(=O)O)o2)C1(C)C. The standard InChI is InChI=1S/C13H19NO5S/c1-12(2)9(13(12,3)4)7-14-20(17,18)10-6-5-8(19-10)11(15)16/h5-6,9,14H,7H2,1-4H3,(H,15,16). The Balaban J connectivity index is 2.07. The molecular formula is C13H19NO5S. The molecule has 0 radical (unpaired) electrons. The zero-order valence-corrected chi connectivity index (χ0v) is 12.7. The molecule has 0 unspecified atom stereocenters. The Hall–Kier alpha value is -1.34. The monoisotopic (exact) mass is 301 g/mol. The number of aromatic carboxylic acids is 1. The van der Waals surface area contributed by atoms with Gasteiger partial charge in [-0.2, -0.15) is 0 Å². The summed E-state index contributed by atoms with van der Waals surface area (Å²) < 4.78 is 31.4. The molecule has 1 fully saturated rings. The predicted molar refractivity (Wildman–Crippen MR) is 71.9 cm³/mol. The second kappa shape index (κ2) is 4.33. The Morgan fingerprint density at radius 2 is 1.85 bits per heavy atom. The van der Waals surface area contributed by atoms with Gasteiger partial charge in [0.1, 0.15) is 0 Å². The van der Waals surface area contributed by atoms with Crippen molar-refractivity contribution in [3.8, 4) is 0 Å². The zero-order valence-electron chi connectivity index (χ0n) is 11.9. The van der Waals surface area contributed by atoms with Crippen molar-refractivity contribution in [1.29, 1.82) is 0 Å². The number of sulfonamides is 1. The molecule has 1 aromatic heterocycles. The highest BCUT2D eigenvalue weighted by Crippen LogP contribution is 2.67.